The Balaban J connectivity index is 3.05. The molecule has 1 rings (SSSR count). The number of alkyl halides is 2. The fourth-order valence-electron chi connectivity index (χ4n) is 1.16. The Kier molecular flexibility index (Phi) is 4.55. The highest BCUT2D eigenvalue weighted by Crippen LogP contribution is 2.15. The standard InChI is InChI=1S/C11H12Cl2FN/c1-7(2)15-10(11(13)14)8-3-5-9(12)6-4-8/h3-7,11H,1-2H3. The highest BCUT2D eigenvalue weighted by atomic mass is 35.5. The summed E-state index contributed by atoms with van der Waals surface area (Å²) in [6, 6.07) is 6.79. The smallest absolute Gasteiger partial charge is 0.215 e. The first-order chi connectivity index (χ1) is 7.00. The molecule has 0 aromatic heterocycles. The zero-order valence-electron chi connectivity index (χ0n) is 8.55. The lowest BCUT2D eigenvalue weighted by atomic mass is 10.1. The predicted octanol–water partition coefficient (Wildman–Crippen LogP) is 4.07. The first-order valence-corrected chi connectivity index (χ1v) is 5.44. The summed E-state index contributed by atoms with van der Waals surface area (Å²) in [6.07, 6.45) is 0. The Morgan fingerprint density at radius 3 is 2.20 bits per heavy atom. The minimum atomic E-state index is -1.59. The summed E-state index contributed by atoms with van der Waals surface area (Å²) in [5.41, 5.74) is -0.674. The minimum absolute atomic E-state index is 0.00711. The van der Waals surface area contributed by atoms with E-state index in [9.17, 15) is 4.39 Å². The highest BCUT2D eigenvalue weighted by Gasteiger charge is 2.14. The summed E-state index contributed by atoms with van der Waals surface area (Å²) in [5, 5.41) is 0.604. The molecular formula is C11H12Cl2FN. The van der Waals surface area contributed by atoms with Crippen molar-refractivity contribution in [1.29, 1.82) is 0 Å². The normalized spacial score (nSPS) is 14.4. The van der Waals surface area contributed by atoms with E-state index in [1.54, 1.807) is 24.3 Å². The van der Waals surface area contributed by atoms with E-state index in [1.165, 1.54) is 0 Å². The fourth-order valence-corrected chi connectivity index (χ4v) is 1.46. The molecule has 0 bridgehead atoms. The molecule has 0 aliphatic rings. The number of benzene rings is 1. The van der Waals surface area contributed by atoms with Crippen molar-refractivity contribution in [3.8, 4) is 0 Å². The summed E-state index contributed by atoms with van der Waals surface area (Å²) in [4.78, 5) is 4.14. The van der Waals surface area contributed by atoms with Gasteiger partial charge in [0.05, 0.1) is 5.71 Å². The van der Waals surface area contributed by atoms with Gasteiger partial charge < -0.3 is 0 Å². The van der Waals surface area contributed by atoms with Gasteiger partial charge in [-0.05, 0) is 31.5 Å². The van der Waals surface area contributed by atoms with Gasteiger partial charge in [-0.25, -0.2) is 4.39 Å². The van der Waals surface area contributed by atoms with Gasteiger partial charge in [0.1, 0.15) is 0 Å². The van der Waals surface area contributed by atoms with Gasteiger partial charge in [-0.2, -0.15) is 0 Å². The molecule has 0 amide bonds. The molecule has 82 valence electrons. The van der Waals surface area contributed by atoms with Gasteiger partial charge >= 0.3 is 0 Å². The van der Waals surface area contributed by atoms with E-state index in [4.69, 9.17) is 23.2 Å². The molecule has 0 radical (unpaired) electrons. The van der Waals surface area contributed by atoms with E-state index >= 15 is 0 Å². The average molecular weight is 248 g/mol. The lowest BCUT2D eigenvalue weighted by Crippen LogP contribution is -2.13. The molecular weight excluding hydrogens is 236 g/mol. The topological polar surface area (TPSA) is 12.4 Å². The number of nitrogens with zero attached hydrogens (tertiary/aromatic N) is 1. The quantitative estimate of drug-likeness (QED) is 0.564. The van der Waals surface area contributed by atoms with Crippen molar-refractivity contribution in [1.82, 2.24) is 0 Å². The monoisotopic (exact) mass is 247 g/mol. The van der Waals surface area contributed by atoms with Crippen LogP contribution in [0.2, 0.25) is 5.02 Å². The third-order valence-corrected chi connectivity index (χ3v) is 2.20. The Hall–Kier alpha value is -0.600. The lowest BCUT2D eigenvalue weighted by Gasteiger charge is -2.08. The predicted molar refractivity (Wildman–Crippen MR) is 63.9 cm³/mol. The van der Waals surface area contributed by atoms with Gasteiger partial charge in [-0.3, -0.25) is 4.99 Å². The first-order valence-electron chi connectivity index (χ1n) is 4.62. The number of rotatable bonds is 3. The molecule has 0 N–H and O–H groups in total. The fraction of sp³-hybridized carbons (Fsp3) is 0.364. The van der Waals surface area contributed by atoms with Crippen molar-refractivity contribution < 1.29 is 4.39 Å². The zero-order valence-corrected chi connectivity index (χ0v) is 10.1. The third-order valence-electron chi connectivity index (χ3n) is 1.74. The molecule has 0 fully saturated rings. The maximum Gasteiger partial charge on any atom is 0.215 e. The second-order valence-corrected chi connectivity index (χ2v) is 4.24. The van der Waals surface area contributed by atoms with Crippen LogP contribution >= 0.6 is 23.2 Å². The van der Waals surface area contributed by atoms with Crippen molar-refractivity contribution in [3.05, 3.63) is 34.9 Å². The summed E-state index contributed by atoms with van der Waals surface area (Å²) < 4.78 is 13.1. The van der Waals surface area contributed by atoms with Crippen LogP contribution in [0.1, 0.15) is 19.4 Å². The van der Waals surface area contributed by atoms with Crippen molar-refractivity contribution in [2.75, 3.05) is 0 Å². The number of hydrogen-bond donors (Lipinski definition) is 0. The second-order valence-electron chi connectivity index (χ2n) is 3.42. The summed E-state index contributed by atoms with van der Waals surface area (Å²) >= 11 is 11.2. The van der Waals surface area contributed by atoms with Gasteiger partial charge in [0.15, 0.2) is 0 Å². The maximum absolute atomic E-state index is 13.1. The molecule has 0 aliphatic carbocycles. The van der Waals surface area contributed by atoms with Gasteiger partial charge in [0, 0.05) is 11.1 Å². The van der Waals surface area contributed by atoms with Crippen LogP contribution < -0.4 is 0 Å². The molecule has 0 saturated heterocycles. The van der Waals surface area contributed by atoms with Crippen LogP contribution in [0.5, 0.6) is 0 Å². The van der Waals surface area contributed by atoms with E-state index in [-0.39, 0.29) is 11.8 Å². The number of halogens is 3. The van der Waals surface area contributed by atoms with Crippen LogP contribution in [0.15, 0.2) is 29.3 Å². The Morgan fingerprint density at radius 1 is 1.27 bits per heavy atom. The van der Waals surface area contributed by atoms with Crippen LogP contribution in [0.4, 0.5) is 4.39 Å². The molecule has 0 spiro atoms. The molecule has 0 heterocycles. The molecule has 1 unspecified atom stereocenters. The molecule has 1 aromatic carbocycles. The van der Waals surface area contributed by atoms with Crippen LogP contribution in [-0.2, 0) is 0 Å². The van der Waals surface area contributed by atoms with Crippen molar-refractivity contribution >= 4 is 28.9 Å². The van der Waals surface area contributed by atoms with Gasteiger partial charge in [0.2, 0.25) is 5.63 Å². The van der Waals surface area contributed by atoms with E-state index < -0.39 is 5.63 Å². The molecule has 1 aromatic rings. The molecule has 4 heteroatoms. The van der Waals surface area contributed by atoms with E-state index in [0.29, 0.717) is 10.6 Å². The summed E-state index contributed by atoms with van der Waals surface area (Å²) in [6.45, 7) is 3.74. The van der Waals surface area contributed by atoms with Crippen LogP contribution in [0.3, 0.4) is 0 Å². The SMILES string of the molecule is CC(C)N=C(c1ccc(Cl)cc1)C(F)Cl. The molecule has 1 nitrogen and oxygen atoms in total. The molecule has 0 saturated carbocycles. The largest absolute Gasteiger partial charge is 0.282 e. The van der Waals surface area contributed by atoms with Gasteiger partial charge in [0.25, 0.3) is 0 Å². The van der Waals surface area contributed by atoms with Crippen LogP contribution in [0, 0.1) is 0 Å². The number of hydrogen-bond acceptors (Lipinski definition) is 1. The Morgan fingerprint density at radius 2 is 1.80 bits per heavy atom. The third kappa shape index (κ3) is 3.80. The molecule has 1 atom stereocenters. The van der Waals surface area contributed by atoms with Crippen LogP contribution in [-0.4, -0.2) is 17.4 Å². The van der Waals surface area contributed by atoms with Gasteiger partial charge in [-0.15, -0.1) is 0 Å². The second kappa shape index (κ2) is 5.47. The highest BCUT2D eigenvalue weighted by molar-refractivity contribution is 6.34. The average Bonchev–Trinajstić information content (AvgIpc) is 2.15. The summed E-state index contributed by atoms with van der Waals surface area (Å²) in [7, 11) is 0. The van der Waals surface area contributed by atoms with E-state index in [0.717, 1.165) is 0 Å². The van der Waals surface area contributed by atoms with Crippen molar-refractivity contribution in [2.24, 2.45) is 4.99 Å². The van der Waals surface area contributed by atoms with E-state index in [2.05, 4.69) is 4.99 Å². The Labute approximate surface area is 98.9 Å². The van der Waals surface area contributed by atoms with E-state index in [1.807, 2.05) is 13.8 Å². The lowest BCUT2D eigenvalue weighted by molar-refractivity contribution is 0.532. The maximum atomic E-state index is 13.1. The van der Waals surface area contributed by atoms with Gasteiger partial charge in [-0.1, -0.05) is 35.3 Å². The number of aliphatic imine (C=N–C) groups is 1. The van der Waals surface area contributed by atoms with Crippen LogP contribution in [0.25, 0.3) is 0 Å². The zero-order chi connectivity index (χ0) is 11.4. The first kappa shape index (κ1) is 12.5. The minimum Gasteiger partial charge on any atom is -0.282 e. The molecule has 15 heavy (non-hydrogen) atoms. The Bertz CT molecular complexity index is 344. The van der Waals surface area contributed by atoms with Crippen molar-refractivity contribution in [3.63, 3.8) is 0 Å². The van der Waals surface area contributed by atoms with Crippen molar-refractivity contribution in [2.45, 2.75) is 25.5 Å². The summed E-state index contributed by atoms with van der Waals surface area (Å²) in [5.74, 6) is 0. The molecule has 0 aliphatic heterocycles.